The van der Waals surface area contributed by atoms with E-state index in [-0.39, 0.29) is 4.90 Å². The van der Waals surface area contributed by atoms with Gasteiger partial charge in [0.05, 0.1) is 0 Å². The summed E-state index contributed by atoms with van der Waals surface area (Å²) in [6.45, 7) is 4.10. The lowest BCUT2D eigenvalue weighted by molar-refractivity contribution is -0.474. The highest BCUT2D eigenvalue weighted by Crippen LogP contribution is 2.51. The second-order valence-electron chi connectivity index (χ2n) is 5.68. The molecule has 0 saturated heterocycles. The number of rotatable bonds is 6. The van der Waals surface area contributed by atoms with Crippen molar-refractivity contribution in [2.75, 3.05) is 0 Å². The first-order valence-corrected chi connectivity index (χ1v) is 6.74. The number of hydrogen-bond acceptors (Lipinski definition) is 2. The van der Waals surface area contributed by atoms with Crippen LogP contribution < -0.4 is 0 Å². The van der Waals surface area contributed by atoms with Crippen molar-refractivity contribution in [1.82, 2.24) is 4.90 Å². The number of hydrogen-bond donors (Lipinski definition) is 0. The number of carbonyl (C=O) groups excluding carboxylic acids is 1. The molecule has 156 valence electrons. The molecule has 0 aromatic carbocycles. The van der Waals surface area contributed by atoms with E-state index in [1.165, 1.54) is 0 Å². The first-order valence-electron chi connectivity index (χ1n) is 6.74. The van der Waals surface area contributed by atoms with E-state index in [1.807, 2.05) is 0 Å². The molecule has 26 heavy (non-hydrogen) atoms. The predicted octanol–water partition coefficient (Wildman–Crippen LogP) is 4.67. The van der Waals surface area contributed by atoms with E-state index < -0.39 is 48.2 Å². The monoisotopic (exact) mass is 413 g/mol. The third-order valence-corrected chi connectivity index (χ3v) is 2.98. The Morgan fingerprint density at radius 3 is 1.31 bits per heavy atom. The van der Waals surface area contributed by atoms with Gasteiger partial charge in [0, 0.05) is 12.1 Å². The van der Waals surface area contributed by atoms with E-state index in [0.717, 1.165) is 27.7 Å². The number of ether oxygens (including phenoxy) is 1. The average molecular weight is 413 g/mol. The van der Waals surface area contributed by atoms with E-state index in [4.69, 9.17) is 0 Å². The van der Waals surface area contributed by atoms with Gasteiger partial charge in [0.25, 0.3) is 5.91 Å². The lowest BCUT2D eigenvalue weighted by Gasteiger charge is -2.39. The Bertz CT molecular complexity index is 504. The van der Waals surface area contributed by atoms with Gasteiger partial charge in [-0.15, -0.1) is 0 Å². The van der Waals surface area contributed by atoms with E-state index >= 15 is 0 Å². The number of alkyl halides is 11. The summed E-state index contributed by atoms with van der Waals surface area (Å²) < 4.78 is 143. The Hall–Kier alpha value is -1.34. The van der Waals surface area contributed by atoms with Gasteiger partial charge in [0.2, 0.25) is 0 Å². The number of nitrogens with zero attached hydrogens (tertiary/aromatic N) is 1. The molecule has 0 aliphatic heterocycles. The third kappa shape index (κ3) is 4.31. The molecule has 0 aromatic rings. The van der Waals surface area contributed by atoms with Gasteiger partial charge in [0.15, 0.2) is 0 Å². The SMILES string of the molecule is CC(C)N(C(=O)C(F)(OC(F)(F)C(F)(F)C(F)(F)F)C(F)(F)F)C(C)C. The second kappa shape index (κ2) is 7.00. The fourth-order valence-corrected chi connectivity index (χ4v) is 1.86. The topological polar surface area (TPSA) is 29.5 Å². The molecule has 0 fully saturated rings. The summed E-state index contributed by atoms with van der Waals surface area (Å²) in [5.41, 5.74) is 0. The van der Waals surface area contributed by atoms with Crippen molar-refractivity contribution in [2.45, 2.75) is 70.0 Å². The van der Waals surface area contributed by atoms with Crippen molar-refractivity contribution in [3.05, 3.63) is 0 Å². The summed E-state index contributed by atoms with van der Waals surface area (Å²) in [4.78, 5) is 11.8. The fourth-order valence-electron chi connectivity index (χ4n) is 1.86. The molecule has 3 nitrogen and oxygen atoms in total. The Kier molecular flexibility index (Phi) is 6.64. The van der Waals surface area contributed by atoms with Crippen LogP contribution in [-0.2, 0) is 9.53 Å². The number of amides is 1. The highest BCUT2D eigenvalue weighted by molar-refractivity contribution is 5.85. The first-order chi connectivity index (χ1) is 11.1. The van der Waals surface area contributed by atoms with Gasteiger partial charge < -0.3 is 4.90 Å². The molecule has 0 bridgehead atoms. The number of halogens is 11. The molecular formula is C12H14F11NO2. The second-order valence-corrected chi connectivity index (χ2v) is 5.68. The van der Waals surface area contributed by atoms with Gasteiger partial charge in [0.1, 0.15) is 0 Å². The highest BCUT2D eigenvalue weighted by atomic mass is 19.4. The lowest BCUT2D eigenvalue weighted by Crippen LogP contribution is -2.65. The van der Waals surface area contributed by atoms with Crippen molar-refractivity contribution in [3.8, 4) is 0 Å². The summed E-state index contributed by atoms with van der Waals surface area (Å²) in [5.74, 6) is -16.3. The fraction of sp³-hybridized carbons (Fsp3) is 0.917. The third-order valence-electron chi connectivity index (χ3n) is 2.98. The molecule has 1 amide bonds. The van der Waals surface area contributed by atoms with Crippen LogP contribution in [0.1, 0.15) is 27.7 Å². The van der Waals surface area contributed by atoms with Crippen LogP contribution in [0.3, 0.4) is 0 Å². The largest absolute Gasteiger partial charge is 0.462 e. The molecule has 1 unspecified atom stereocenters. The molecule has 0 aliphatic carbocycles. The quantitative estimate of drug-likeness (QED) is 0.593. The minimum Gasteiger partial charge on any atom is -0.333 e. The summed E-state index contributed by atoms with van der Waals surface area (Å²) in [6.07, 6.45) is -20.8. The van der Waals surface area contributed by atoms with Crippen LogP contribution >= 0.6 is 0 Å². The Balaban J connectivity index is 6.27. The Morgan fingerprint density at radius 2 is 1.08 bits per heavy atom. The van der Waals surface area contributed by atoms with Gasteiger partial charge in [-0.3, -0.25) is 9.53 Å². The summed E-state index contributed by atoms with van der Waals surface area (Å²) in [5, 5.41) is 0. The van der Waals surface area contributed by atoms with Crippen LogP contribution in [0.25, 0.3) is 0 Å². The lowest BCUT2D eigenvalue weighted by atomic mass is 10.1. The minimum absolute atomic E-state index is 0.00923. The molecule has 0 saturated carbocycles. The maximum atomic E-state index is 14.2. The maximum Gasteiger partial charge on any atom is 0.462 e. The molecule has 0 radical (unpaired) electrons. The maximum absolute atomic E-state index is 14.2. The standard InChI is InChI=1S/C12H14F11NO2/c1-5(2)24(6(3)4)7(25)8(13,10(16,17)18)26-12(22,23)9(14,15)11(19,20)21/h5-6H,1-4H3. The van der Waals surface area contributed by atoms with Crippen LogP contribution in [0, 0.1) is 0 Å². The predicted molar refractivity (Wildman–Crippen MR) is 64.0 cm³/mol. The van der Waals surface area contributed by atoms with Crippen LogP contribution in [0.2, 0.25) is 0 Å². The molecule has 0 aromatic heterocycles. The van der Waals surface area contributed by atoms with Crippen LogP contribution in [0.4, 0.5) is 48.3 Å². The minimum atomic E-state index is -7.20. The van der Waals surface area contributed by atoms with Gasteiger partial charge >= 0.3 is 30.2 Å². The Labute approximate surface area is 140 Å². The molecule has 0 N–H and O–H groups in total. The zero-order valence-electron chi connectivity index (χ0n) is 13.6. The highest BCUT2D eigenvalue weighted by Gasteiger charge is 2.80. The van der Waals surface area contributed by atoms with Crippen molar-refractivity contribution in [1.29, 1.82) is 0 Å². The zero-order valence-corrected chi connectivity index (χ0v) is 13.6. The first kappa shape index (κ1) is 24.7. The molecule has 0 aliphatic rings. The van der Waals surface area contributed by atoms with E-state index in [9.17, 15) is 53.1 Å². The van der Waals surface area contributed by atoms with Crippen LogP contribution in [0.5, 0.6) is 0 Å². The van der Waals surface area contributed by atoms with Crippen molar-refractivity contribution < 1.29 is 57.8 Å². The summed E-state index contributed by atoms with van der Waals surface area (Å²) in [6, 6.07) is -2.53. The van der Waals surface area contributed by atoms with Crippen molar-refractivity contribution >= 4 is 5.91 Å². The van der Waals surface area contributed by atoms with Crippen LogP contribution in [0.15, 0.2) is 0 Å². The van der Waals surface area contributed by atoms with Gasteiger partial charge in [-0.1, -0.05) is 0 Å². The van der Waals surface area contributed by atoms with Gasteiger partial charge in [-0.25, -0.2) is 0 Å². The average Bonchev–Trinajstić information content (AvgIpc) is 2.33. The normalized spacial score (nSPS) is 16.8. The summed E-state index contributed by atoms with van der Waals surface area (Å²) in [7, 11) is 0. The van der Waals surface area contributed by atoms with E-state index in [1.54, 1.807) is 0 Å². The molecule has 0 heterocycles. The number of carbonyl (C=O) groups is 1. The van der Waals surface area contributed by atoms with Gasteiger partial charge in [-0.05, 0) is 27.7 Å². The van der Waals surface area contributed by atoms with Crippen molar-refractivity contribution in [2.24, 2.45) is 0 Å². The zero-order chi connectivity index (χ0) is 21.5. The van der Waals surface area contributed by atoms with E-state index in [0.29, 0.717) is 0 Å². The van der Waals surface area contributed by atoms with E-state index in [2.05, 4.69) is 4.74 Å². The molecule has 0 spiro atoms. The van der Waals surface area contributed by atoms with Gasteiger partial charge in [-0.2, -0.15) is 48.3 Å². The molecule has 0 rings (SSSR count). The Morgan fingerprint density at radius 1 is 0.731 bits per heavy atom. The van der Waals surface area contributed by atoms with Crippen LogP contribution in [-0.4, -0.2) is 53.1 Å². The van der Waals surface area contributed by atoms with Crippen molar-refractivity contribution in [3.63, 3.8) is 0 Å². The molecule has 1 atom stereocenters. The smallest absolute Gasteiger partial charge is 0.333 e. The molecule has 14 heteroatoms. The molecular weight excluding hydrogens is 399 g/mol. The summed E-state index contributed by atoms with van der Waals surface area (Å²) >= 11 is 0.